The highest BCUT2D eigenvalue weighted by Gasteiger charge is 2.46. The van der Waals surface area contributed by atoms with Gasteiger partial charge in [0.15, 0.2) is 0 Å². The van der Waals surface area contributed by atoms with Crippen LogP contribution in [-0.2, 0) is 27.5 Å². The Bertz CT molecular complexity index is 850. The predicted molar refractivity (Wildman–Crippen MR) is 101 cm³/mol. The molecule has 2 atom stereocenters. The van der Waals surface area contributed by atoms with Crippen molar-refractivity contribution in [2.45, 2.75) is 19.0 Å². The second-order valence-electron chi connectivity index (χ2n) is 6.09. The van der Waals surface area contributed by atoms with E-state index in [1.54, 1.807) is 42.8 Å². The summed E-state index contributed by atoms with van der Waals surface area (Å²) in [4.78, 5) is 0. The molecule has 26 heavy (non-hydrogen) atoms. The van der Waals surface area contributed by atoms with E-state index in [1.807, 2.05) is 13.0 Å². The van der Waals surface area contributed by atoms with Gasteiger partial charge in [-0.05, 0) is 31.2 Å². The summed E-state index contributed by atoms with van der Waals surface area (Å²) in [6.07, 6.45) is 0. The molecule has 0 radical (unpaired) electrons. The normalized spacial score (nSPS) is 23.2. The van der Waals surface area contributed by atoms with E-state index >= 15 is 0 Å². The highest BCUT2D eigenvalue weighted by atomic mass is 79.9. The van der Waals surface area contributed by atoms with Crippen molar-refractivity contribution in [3.05, 3.63) is 57.8 Å². The van der Waals surface area contributed by atoms with Gasteiger partial charge in [-0.15, -0.1) is 0 Å². The van der Waals surface area contributed by atoms with Crippen molar-refractivity contribution in [2.24, 2.45) is 0 Å². The molecule has 2 unspecified atom stereocenters. The standard InChI is InChI=1S/C18H19BrFNO4S/c1-18(15-8-13(19)5-7-16(15)20)11-25-26(22)21(18)10-12-4-6-14(23-2)9-17(12)24-3/h4-9H,10-11H2,1-3H3. The molecular formula is C18H19BrFNO4S. The van der Waals surface area contributed by atoms with Crippen LogP contribution in [0.4, 0.5) is 4.39 Å². The number of hydrogen-bond acceptors (Lipinski definition) is 4. The summed E-state index contributed by atoms with van der Waals surface area (Å²) in [6.45, 7) is 2.20. The number of halogens is 2. The molecule has 0 bridgehead atoms. The van der Waals surface area contributed by atoms with Gasteiger partial charge in [0.1, 0.15) is 17.3 Å². The number of hydrogen-bond donors (Lipinski definition) is 0. The van der Waals surface area contributed by atoms with E-state index in [9.17, 15) is 8.60 Å². The third kappa shape index (κ3) is 3.51. The maximum Gasteiger partial charge on any atom is 0.238 e. The molecule has 5 nitrogen and oxygen atoms in total. The summed E-state index contributed by atoms with van der Waals surface area (Å²) >= 11 is 1.67. The third-order valence-corrected chi connectivity index (χ3v) is 6.19. The molecule has 2 aromatic carbocycles. The minimum atomic E-state index is -1.70. The van der Waals surface area contributed by atoms with Gasteiger partial charge in [0.2, 0.25) is 11.3 Å². The number of methoxy groups -OCH3 is 2. The number of rotatable bonds is 5. The smallest absolute Gasteiger partial charge is 0.238 e. The van der Waals surface area contributed by atoms with Gasteiger partial charge < -0.3 is 9.47 Å². The van der Waals surface area contributed by atoms with E-state index in [4.69, 9.17) is 13.7 Å². The fourth-order valence-electron chi connectivity index (χ4n) is 2.95. The fourth-order valence-corrected chi connectivity index (χ4v) is 4.50. The summed E-state index contributed by atoms with van der Waals surface area (Å²) < 4.78 is 45.4. The van der Waals surface area contributed by atoms with Crippen LogP contribution in [0.2, 0.25) is 0 Å². The second-order valence-corrected chi connectivity index (χ2v) is 8.12. The SMILES string of the molecule is COc1ccc(CN2S(=O)OCC2(C)c2cc(Br)ccc2F)c(OC)c1. The van der Waals surface area contributed by atoms with Crippen molar-refractivity contribution in [1.29, 1.82) is 0 Å². The van der Waals surface area contributed by atoms with Crippen LogP contribution >= 0.6 is 15.9 Å². The zero-order chi connectivity index (χ0) is 18.9. The largest absolute Gasteiger partial charge is 0.497 e. The van der Waals surface area contributed by atoms with E-state index in [2.05, 4.69) is 15.9 Å². The lowest BCUT2D eigenvalue weighted by atomic mass is 9.92. The average molecular weight is 444 g/mol. The van der Waals surface area contributed by atoms with Crippen LogP contribution < -0.4 is 9.47 Å². The fraction of sp³-hybridized carbons (Fsp3) is 0.333. The van der Waals surface area contributed by atoms with Crippen LogP contribution in [-0.4, -0.2) is 29.3 Å². The van der Waals surface area contributed by atoms with E-state index in [0.29, 0.717) is 17.1 Å². The van der Waals surface area contributed by atoms with Crippen LogP contribution in [0.5, 0.6) is 11.5 Å². The molecule has 0 saturated carbocycles. The van der Waals surface area contributed by atoms with Crippen LogP contribution in [0.3, 0.4) is 0 Å². The minimum Gasteiger partial charge on any atom is -0.497 e. The molecule has 1 aliphatic rings. The van der Waals surface area contributed by atoms with Crippen molar-refractivity contribution in [3.63, 3.8) is 0 Å². The number of benzene rings is 2. The zero-order valence-corrected chi connectivity index (χ0v) is 17.0. The molecule has 0 spiro atoms. The van der Waals surface area contributed by atoms with Crippen molar-refractivity contribution in [1.82, 2.24) is 4.31 Å². The van der Waals surface area contributed by atoms with Gasteiger partial charge in [-0.2, -0.15) is 4.31 Å². The minimum absolute atomic E-state index is 0.117. The van der Waals surface area contributed by atoms with Crippen molar-refractivity contribution in [2.75, 3.05) is 20.8 Å². The maximum atomic E-state index is 14.5. The Kier molecular flexibility index (Phi) is 5.67. The molecule has 8 heteroatoms. The van der Waals surface area contributed by atoms with Gasteiger partial charge in [-0.1, -0.05) is 22.0 Å². The molecule has 2 aromatic rings. The van der Waals surface area contributed by atoms with Crippen LogP contribution in [0, 0.1) is 5.82 Å². The van der Waals surface area contributed by atoms with Gasteiger partial charge in [0, 0.05) is 28.2 Å². The molecule has 1 saturated heterocycles. The van der Waals surface area contributed by atoms with Crippen LogP contribution in [0.15, 0.2) is 40.9 Å². The summed E-state index contributed by atoms with van der Waals surface area (Å²) in [6, 6.07) is 10.1. The van der Waals surface area contributed by atoms with E-state index in [-0.39, 0.29) is 19.0 Å². The molecule has 140 valence electrons. The molecule has 1 fully saturated rings. The van der Waals surface area contributed by atoms with Crippen molar-refractivity contribution < 1.29 is 22.3 Å². The summed E-state index contributed by atoms with van der Waals surface area (Å²) in [5.41, 5.74) is 0.336. The maximum absolute atomic E-state index is 14.5. The molecule has 0 aliphatic carbocycles. The molecule has 3 rings (SSSR count). The predicted octanol–water partition coefficient (Wildman–Crippen LogP) is 3.93. The van der Waals surface area contributed by atoms with Gasteiger partial charge in [0.05, 0.1) is 26.4 Å². The molecule has 1 heterocycles. The molecule has 0 N–H and O–H groups in total. The first-order chi connectivity index (χ1) is 12.4. The third-order valence-electron chi connectivity index (χ3n) is 4.49. The summed E-state index contributed by atoms with van der Waals surface area (Å²) in [5, 5.41) is 0. The quantitative estimate of drug-likeness (QED) is 0.702. The Hall–Kier alpha value is -1.48. The average Bonchev–Trinajstić information content (AvgIpc) is 2.93. The first-order valence-corrected chi connectivity index (χ1v) is 9.71. The summed E-state index contributed by atoms with van der Waals surface area (Å²) in [7, 11) is 3.13. The van der Waals surface area contributed by atoms with Gasteiger partial charge in [-0.25, -0.2) is 8.60 Å². The lowest BCUT2D eigenvalue weighted by Gasteiger charge is -2.32. The first-order valence-electron chi connectivity index (χ1n) is 7.88. The highest BCUT2D eigenvalue weighted by Crippen LogP contribution is 2.40. The lowest BCUT2D eigenvalue weighted by molar-refractivity contribution is 0.192. The van der Waals surface area contributed by atoms with Gasteiger partial charge in [0.25, 0.3) is 0 Å². The van der Waals surface area contributed by atoms with Gasteiger partial charge in [-0.3, -0.25) is 4.18 Å². The molecule has 0 amide bonds. The Balaban J connectivity index is 2.00. The van der Waals surface area contributed by atoms with Crippen molar-refractivity contribution >= 4 is 27.2 Å². The monoisotopic (exact) mass is 443 g/mol. The Labute approximate surface area is 163 Å². The number of ether oxygens (including phenoxy) is 2. The molecule has 0 aromatic heterocycles. The Morgan fingerprint density at radius 1 is 1.27 bits per heavy atom. The van der Waals surface area contributed by atoms with Crippen LogP contribution in [0.25, 0.3) is 0 Å². The lowest BCUT2D eigenvalue weighted by Crippen LogP contribution is -2.41. The molecule has 1 aliphatic heterocycles. The topological polar surface area (TPSA) is 48.0 Å². The summed E-state index contributed by atoms with van der Waals surface area (Å²) in [5.74, 6) is 0.889. The first kappa shape index (κ1) is 19.3. The zero-order valence-electron chi connectivity index (χ0n) is 14.6. The molecular weight excluding hydrogens is 425 g/mol. The van der Waals surface area contributed by atoms with E-state index in [1.165, 1.54) is 6.07 Å². The van der Waals surface area contributed by atoms with Crippen molar-refractivity contribution in [3.8, 4) is 11.5 Å². The Morgan fingerprint density at radius 3 is 2.73 bits per heavy atom. The highest BCUT2D eigenvalue weighted by molar-refractivity contribution is 9.10. The number of nitrogens with zero attached hydrogens (tertiary/aromatic N) is 1. The second kappa shape index (κ2) is 7.64. The van der Waals surface area contributed by atoms with Gasteiger partial charge >= 0.3 is 0 Å². The Morgan fingerprint density at radius 2 is 2.04 bits per heavy atom. The van der Waals surface area contributed by atoms with E-state index in [0.717, 1.165) is 10.0 Å². The van der Waals surface area contributed by atoms with E-state index < -0.39 is 16.8 Å². The van der Waals surface area contributed by atoms with Crippen LogP contribution in [0.1, 0.15) is 18.1 Å².